The maximum Gasteiger partial charge on any atom is 0.414 e. The predicted molar refractivity (Wildman–Crippen MR) is 85.2 cm³/mol. The zero-order chi connectivity index (χ0) is 16.2. The number of aliphatic hydroxyl groups is 1. The number of anilines is 1. The minimum absolute atomic E-state index is 0.0248. The summed E-state index contributed by atoms with van der Waals surface area (Å²) in [5.74, 6) is 0.704. The maximum atomic E-state index is 11.6. The molecule has 23 heavy (non-hydrogen) atoms. The first-order chi connectivity index (χ1) is 11.2. The van der Waals surface area contributed by atoms with Crippen LogP contribution in [0.2, 0.25) is 0 Å². The van der Waals surface area contributed by atoms with Gasteiger partial charge < -0.3 is 14.3 Å². The van der Waals surface area contributed by atoms with Crippen molar-refractivity contribution in [1.29, 1.82) is 0 Å². The molecular weight excluding hydrogens is 296 g/mol. The molecule has 1 amide bonds. The van der Waals surface area contributed by atoms with E-state index < -0.39 is 0 Å². The number of nitrogens with one attached hydrogen (secondary N) is 1. The molecule has 1 aliphatic rings. The molecule has 6 heteroatoms. The summed E-state index contributed by atoms with van der Waals surface area (Å²) in [5, 5.41) is 12.9. The summed E-state index contributed by atoms with van der Waals surface area (Å²) >= 11 is 0. The quantitative estimate of drug-likeness (QED) is 0.857. The number of amides is 1. The topological polar surface area (TPSA) is 74.9 Å². The first-order valence-corrected chi connectivity index (χ1v) is 7.63. The first kappa shape index (κ1) is 15.6. The molecule has 2 aromatic rings. The minimum atomic E-state index is -0.304. The molecule has 2 heterocycles. The van der Waals surface area contributed by atoms with E-state index in [2.05, 4.69) is 5.32 Å². The average Bonchev–Trinajstić information content (AvgIpc) is 3.24. The summed E-state index contributed by atoms with van der Waals surface area (Å²) in [5.41, 5.74) is 1.89. The lowest BCUT2D eigenvalue weighted by Gasteiger charge is -2.21. The Labute approximate surface area is 134 Å². The number of carbonyl (C=O) groups is 1. The number of hydrogen-bond donors (Lipinski definition) is 2. The van der Waals surface area contributed by atoms with Gasteiger partial charge in [0, 0.05) is 11.7 Å². The van der Waals surface area contributed by atoms with Crippen LogP contribution in [0.15, 0.2) is 47.1 Å². The van der Waals surface area contributed by atoms with Gasteiger partial charge in [0.1, 0.15) is 12.4 Å². The molecule has 2 atom stereocenters. The van der Waals surface area contributed by atoms with Crippen molar-refractivity contribution in [3.8, 4) is 0 Å². The molecule has 2 unspecified atom stereocenters. The maximum absolute atomic E-state index is 11.6. The fourth-order valence-corrected chi connectivity index (χ4v) is 2.68. The summed E-state index contributed by atoms with van der Waals surface area (Å²) in [6, 6.07) is 11.1. The number of benzene rings is 1. The Hall–Kier alpha value is -2.31. The highest BCUT2D eigenvalue weighted by molar-refractivity contribution is 5.89. The lowest BCUT2D eigenvalue weighted by molar-refractivity contribution is 0.181. The summed E-state index contributed by atoms with van der Waals surface area (Å²) in [6.07, 6.45) is 1.29. The molecule has 6 nitrogen and oxygen atoms in total. The summed E-state index contributed by atoms with van der Waals surface area (Å²) in [7, 11) is 0. The van der Waals surface area contributed by atoms with Gasteiger partial charge in [-0.05, 0) is 36.8 Å². The van der Waals surface area contributed by atoms with E-state index in [0.29, 0.717) is 18.9 Å². The smallest absolute Gasteiger partial charge is 0.414 e. The fourth-order valence-electron chi connectivity index (χ4n) is 2.68. The third-order valence-corrected chi connectivity index (χ3v) is 3.99. The van der Waals surface area contributed by atoms with Crippen LogP contribution in [0.5, 0.6) is 0 Å². The number of aliphatic hydroxyl groups excluding tert-OH is 1. The second-order valence-electron chi connectivity index (χ2n) is 5.50. The number of hydrogen-bond acceptors (Lipinski definition) is 5. The molecule has 1 aliphatic heterocycles. The van der Waals surface area contributed by atoms with E-state index in [9.17, 15) is 9.90 Å². The van der Waals surface area contributed by atoms with Crippen molar-refractivity contribution in [3.63, 3.8) is 0 Å². The molecule has 1 aromatic carbocycles. The van der Waals surface area contributed by atoms with Crippen LogP contribution in [0.25, 0.3) is 0 Å². The molecular formula is C17H20N2O4. The molecule has 122 valence electrons. The molecule has 1 fully saturated rings. The van der Waals surface area contributed by atoms with Crippen LogP contribution in [0.4, 0.5) is 10.5 Å². The number of carbonyl (C=O) groups excluding carboxylic acids is 1. The molecule has 2 N–H and O–H groups in total. The lowest BCUT2D eigenvalue weighted by atomic mass is 10.1. The van der Waals surface area contributed by atoms with Crippen LogP contribution < -0.4 is 10.2 Å². The fraction of sp³-hybridized carbons (Fsp3) is 0.353. The Morgan fingerprint density at radius 3 is 2.65 bits per heavy atom. The van der Waals surface area contributed by atoms with E-state index in [0.717, 1.165) is 11.3 Å². The number of nitrogens with zero attached hydrogens (tertiary/aromatic N) is 1. The Morgan fingerprint density at radius 1 is 1.30 bits per heavy atom. The van der Waals surface area contributed by atoms with Crippen LogP contribution in [-0.4, -0.2) is 31.0 Å². The van der Waals surface area contributed by atoms with E-state index in [1.807, 2.05) is 37.3 Å². The van der Waals surface area contributed by atoms with Gasteiger partial charge in [-0.3, -0.25) is 10.2 Å². The normalized spacial score (nSPS) is 17.1. The second-order valence-corrected chi connectivity index (χ2v) is 5.50. The zero-order valence-corrected chi connectivity index (χ0v) is 12.9. The standard InChI is InChI=1S/C17H20N2O4/c1-12(18-15(11-20)16-3-2-9-22-16)13-4-6-14(7-5-13)19-8-10-23-17(19)21/h2-7,9,12,15,18,20H,8,10-11H2,1H3. The predicted octanol–water partition coefficient (Wildman–Crippen LogP) is 2.62. The van der Waals surface area contributed by atoms with Gasteiger partial charge in [-0.2, -0.15) is 0 Å². The van der Waals surface area contributed by atoms with Crippen LogP contribution in [0.3, 0.4) is 0 Å². The zero-order valence-electron chi connectivity index (χ0n) is 12.9. The van der Waals surface area contributed by atoms with Gasteiger partial charge in [0.25, 0.3) is 0 Å². The van der Waals surface area contributed by atoms with Gasteiger partial charge in [0.05, 0.1) is 25.5 Å². The van der Waals surface area contributed by atoms with Crippen molar-refractivity contribution in [1.82, 2.24) is 5.32 Å². The Balaban J connectivity index is 1.67. The highest BCUT2D eigenvalue weighted by Crippen LogP contribution is 2.24. The van der Waals surface area contributed by atoms with Crippen LogP contribution in [-0.2, 0) is 4.74 Å². The number of furan rings is 1. The van der Waals surface area contributed by atoms with E-state index in [4.69, 9.17) is 9.15 Å². The Morgan fingerprint density at radius 2 is 2.09 bits per heavy atom. The lowest BCUT2D eigenvalue weighted by Crippen LogP contribution is -2.27. The van der Waals surface area contributed by atoms with Crippen molar-refractivity contribution in [3.05, 3.63) is 54.0 Å². The monoisotopic (exact) mass is 316 g/mol. The van der Waals surface area contributed by atoms with Gasteiger partial charge in [-0.1, -0.05) is 12.1 Å². The van der Waals surface area contributed by atoms with Gasteiger partial charge in [0.15, 0.2) is 0 Å². The van der Waals surface area contributed by atoms with Crippen LogP contribution in [0, 0.1) is 0 Å². The van der Waals surface area contributed by atoms with E-state index >= 15 is 0 Å². The number of ether oxygens (including phenoxy) is 1. The molecule has 0 radical (unpaired) electrons. The Kier molecular flexibility index (Phi) is 4.64. The molecule has 0 saturated carbocycles. The van der Waals surface area contributed by atoms with Crippen LogP contribution in [0.1, 0.15) is 30.3 Å². The van der Waals surface area contributed by atoms with Crippen LogP contribution >= 0.6 is 0 Å². The molecule has 0 aliphatic carbocycles. The van der Waals surface area contributed by atoms with Crippen molar-refractivity contribution in [2.75, 3.05) is 24.7 Å². The molecule has 0 spiro atoms. The molecule has 1 aromatic heterocycles. The largest absolute Gasteiger partial charge is 0.468 e. The van der Waals surface area contributed by atoms with Gasteiger partial charge in [-0.15, -0.1) is 0 Å². The highest BCUT2D eigenvalue weighted by atomic mass is 16.6. The summed E-state index contributed by atoms with van der Waals surface area (Å²) in [6.45, 7) is 2.98. The van der Waals surface area contributed by atoms with E-state index in [1.165, 1.54) is 0 Å². The second kappa shape index (κ2) is 6.85. The minimum Gasteiger partial charge on any atom is -0.468 e. The van der Waals surface area contributed by atoms with E-state index in [1.54, 1.807) is 17.2 Å². The third kappa shape index (κ3) is 3.38. The number of cyclic esters (lactones) is 1. The molecule has 3 rings (SSSR count). The highest BCUT2D eigenvalue weighted by Gasteiger charge is 2.23. The van der Waals surface area contributed by atoms with Gasteiger partial charge in [0.2, 0.25) is 0 Å². The third-order valence-electron chi connectivity index (χ3n) is 3.99. The first-order valence-electron chi connectivity index (χ1n) is 7.63. The SMILES string of the molecule is CC(NC(CO)c1ccco1)c1ccc(N2CCOC2=O)cc1. The van der Waals surface area contributed by atoms with Crippen molar-refractivity contribution < 1.29 is 19.1 Å². The van der Waals surface area contributed by atoms with E-state index in [-0.39, 0.29) is 24.8 Å². The Bertz CT molecular complexity index is 639. The summed E-state index contributed by atoms with van der Waals surface area (Å²) < 4.78 is 10.3. The van der Waals surface area contributed by atoms with Crippen molar-refractivity contribution in [2.24, 2.45) is 0 Å². The summed E-state index contributed by atoms with van der Waals surface area (Å²) in [4.78, 5) is 13.2. The number of rotatable bonds is 6. The van der Waals surface area contributed by atoms with Crippen molar-refractivity contribution >= 4 is 11.8 Å². The van der Waals surface area contributed by atoms with Gasteiger partial charge >= 0.3 is 6.09 Å². The molecule has 1 saturated heterocycles. The van der Waals surface area contributed by atoms with Gasteiger partial charge in [-0.25, -0.2) is 4.79 Å². The van der Waals surface area contributed by atoms with Crippen molar-refractivity contribution in [2.45, 2.75) is 19.0 Å². The molecule has 0 bridgehead atoms. The average molecular weight is 316 g/mol.